The van der Waals surface area contributed by atoms with Crippen LogP contribution >= 0.6 is 11.3 Å². The topological polar surface area (TPSA) is 29.3 Å². The van der Waals surface area contributed by atoms with Gasteiger partial charge in [-0.2, -0.15) is 0 Å². The summed E-state index contributed by atoms with van der Waals surface area (Å²) in [7, 11) is 0. The van der Waals surface area contributed by atoms with E-state index in [9.17, 15) is 0 Å². The van der Waals surface area contributed by atoms with E-state index >= 15 is 0 Å². The van der Waals surface area contributed by atoms with E-state index < -0.39 is 0 Å². The highest BCUT2D eigenvalue weighted by atomic mass is 32.1. The van der Waals surface area contributed by atoms with Crippen LogP contribution in [0.1, 0.15) is 0 Å². The second-order valence-corrected chi connectivity index (χ2v) is 13.4. The summed E-state index contributed by atoms with van der Waals surface area (Å²) in [6.07, 6.45) is 0. The first-order chi connectivity index (χ1) is 24.3. The molecular weight excluding hydrogens is 617 g/mol. The fraction of sp³-hybridized carbons (Fsp3) is 0. The SMILES string of the molecule is c1ccc(-c2nc3ccc4cc(-c5ccc6oc7ccccc7c6c5)c5ccc(N(c6ccccc6)c6ccccc6)cc5c4c3s2)cc1. The van der Waals surface area contributed by atoms with Crippen LogP contribution in [0.5, 0.6) is 0 Å². The summed E-state index contributed by atoms with van der Waals surface area (Å²) in [4.78, 5) is 7.47. The maximum absolute atomic E-state index is 6.20. The van der Waals surface area contributed by atoms with E-state index in [2.05, 4.69) is 163 Å². The lowest BCUT2D eigenvalue weighted by Gasteiger charge is -2.26. The van der Waals surface area contributed by atoms with Gasteiger partial charge < -0.3 is 9.32 Å². The normalized spacial score (nSPS) is 11.7. The molecule has 0 spiro atoms. The van der Waals surface area contributed by atoms with E-state index in [0.717, 1.165) is 60.7 Å². The minimum Gasteiger partial charge on any atom is -0.456 e. The van der Waals surface area contributed by atoms with E-state index in [-0.39, 0.29) is 0 Å². The van der Waals surface area contributed by atoms with Gasteiger partial charge in [-0.3, -0.25) is 0 Å². The second-order valence-electron chi connectivity index (χ2n) is 12.4. The van der Waals surface area contributed by atoms with Crippen LogP contribution in [0.2, 0.25) is 0 Å². The summed E-state index contributed by atoms with van der Waals surface area (Å²) >= 11 is 1.77. The number of fused-ring (bicyclic) bond motifs is 8. The quantitative estimate of drug-likeness (QED) is 0.175. The molecule has 0 unspecified atom stereocenters. The molecule has 0 saturated heterocycles. The van der Waals surface area contributed by atoms with Gasteiger partial charge in [-0.15, -0.1) is 11.3 Å². The Balaban J connectivity index is 1.28. The summed E-state index contributed by atoms with van der Waals surface area (Å²) in [5.41, 5.74) is 9.65. The van der Waals surface area contributed by atoms with Gasteiger partial charge in [0.15, 0.2) is 0 Å². The van der Waals surface area contributed by atoms with E-state index in [1.807, 2.05) is 12.1 Å². The fourth-order valence-corrected chi connectivity index (χ4v) is 8.33. The maximum Gasteiger partial charge on any atom is 0.135 e. The fourth-order valence-electron chi connectivity index (χ4n) is 7.19. The van der Waals surface area contributed by atoms with Gasteiger partial charge in [0.2, 0.25) is 0 Å². The standard InChI is InChI=1S/C45H28N2OS/c1-4-12-29(13-5-1)45-46-40-24-20-31-27-37(30-21-25-42-38(26-30)36-18-10-11-19-41(36)48-42)35-23-22-34(28-39(35)43(31)44(40)49-45)47(32-14-6-2-7-15-32)33-16-8-3-9-17-33/h1-28H. The van der Waals surface area contributed by atoms with Crippen LogP contribution in [-0.4, -0.2) is 4.98 Å². The molecule has 0 bridgehead atoms. The molecule has 0 saturated carbocycles. The average Bonchev–Trinajstić information content (AvgIpc) is 3.77. The lowest BCUT2D eigenvalue weighted by molar-refractivity contribution is 0.669. The van der Waals surface area contributed by atoms with E-state index in [0.29, 0.717) is 0 Å². The van der Waals surface area contributed by atoms with Gasteiger partial charge in [0.25, 0.3) is 0 Å². The first-order valence-electron chi connectivity index (χ1n) is 16.5. The molecule has 0 atom stereocenters. The Morgan fingerprint density at radius 2 is 1.16 bits per heavy atom. The van der Waals surface area contributed by atoms with Crippen LogP contribution in [0.15, 0.2) is 174 Å². The predicted molar refractivity (Wildman–Crippen MR) is 207 cm³/mol. The number of nitrogens with zero attached hydrogens (tertiary/aromatic N) is 2. The second kappa shape index (κ2) is 11.2. The molecule has 0 aliphatic heterocycles. The summed E-state index contributed by atoms with van der Waals surface area (Å²) in [5.74, 6) is 0. The third kappa shape index (κ3) is 4.61. The van der Waals surface area contributed by atoms with Crippen LogP contribution in [0.25, 0.3) is 75.4 Å². The largest absolute Gasteiger partial charge is 0.456 e. The Morgan fingerprint density at radius 1 is 0.469 bits per heavy atom. The van der Waals surface area contributed by atoms with Crippen molar-refractivity contribution < 1.29 is 4.42 Å². The average molecular weight is 645 g/mol. The molecule has 230 valence electrons. The Morgan fingerprint density at radius 3 is 1.94 bits per heavy atom. The molecule has 0 aliphatic carbocycles. The first-order valence-corrected chi connectivity index (χ1v) is 17.3. The molecule has 3 nitrogen and oxygen atoms in total. The van der Waals surface area contributed by atoms with Crippen molar-refractivity contribution in [3.05, 3.63) is 170 Å². The zero-order valence-electron chi connectivity index (χ0n) is 26.4. The van der Waals surface area contributed by atoms with E-state index in [1.165, 1.54) is 31.8 Å². The van der Waals surface area contributed by atoms with Crippen molar-refractivity contribution in [2.45, 2.75) is 0 Å². The van der Waals surface area contributed by atoms with Crippen LogP contribution < -0.4 is 4.90 Å². The van der Waals surface area contributed by atoms with Crippen molar-refractivity contribution in [3.8, 4) is 21.7 Å². The lowest BCUT2D eigenvalue weighted by atomic mass is 9.92. The molecule has 2 heterocycles. The third-order valence-corrected chi connectivity index (χ3v) is 10.6. The number of rotatable bonds is 5. The predicted octanol–water partition coefficient (Wildman–Crippen LogP) is 13.3. The van der Waals surface area contributed by atoms with Crippen molar-refractivity contribution in [2.75, 3.05) is 4.90 Å². The summed E-state index contributed by atoms with van der Waals surface area (Å²) < 4.78 is 7.40. The molecule has 0 radical (unpaired) electrons. The number of aromatic nitrogens is 1. The maximum atomic E-state index is 6.20. The molecule has 0 aliphatic rings. The molecule has 49 heavy (non-hydrogen) atoms. The van der Waals surface area contributed by atoms with Crippen molar-refractivity contribution in [1.82, 2.24) is 4.98 Å². The minimum absolute atomic E-state index is 0.901. The van der Waals surface area contributed by atoms with Crippen LogP contribution in [0.4, 0.5) is 17.1 Å². The van der Waals surface area contributed by atoms with Gasteiger partial charge in [-0.05, 0) is 94.0 Å². The minimum atomic E-state index is 0.901. The van der Waals surface area contributed by atoms with Crippen molar-refractivity contribution >= 4 is 82.1 Å². The first kappa shape index (κ1) is 27.8. The highest BCUT2D eigenvalue weighted by Crippen LogP contribution is 2.45. The van der Waals surface area contributed by atoms with Gasteiger partial charge >= 0.3 is 0 Å². The molecule has 10 rings (SSSR count). The monoisotopic (exact) mass is 644 g/mol. The lowest BCUT2D eigenvalue weighted by Crippen LogP contribution is -2.09. The number of furan rings is 1. The van der Waals surface area contributed by atoms with E-state index in [1.54, 1.807) is 11.3 Å². The highest BCUT2D eigenvalue weighted by Gasteiger charge is 2.19. The molecule has 0 amide bonds. The third-order valence-electron chi connectivity index (χ3n) is 9.45. The van der Waals surface area contributed by atoms with Crippen LogP contribution in [0, 0.1) is 0 Å². The molecule has 8 aromatic carbocycles. The molecule has 0 N–H and O–H groups in total. The van der Waals surface area contributed by atoms with Crippen LogP contribution in [-0.2, 0) is 0 Å². The van der Waals surface area contributed by atoms with Gasteiger partial charge in [0.05, 0.1) is 10.2 Å². The zero-order valence-corrected chi connectivity index (χ0v) is 27.2. The number of hydrogen-bond acceptors (Lipinski definition) is 4. The van der Waals surface area contributed by atoms with Crippen LogP contribution in [0.3, 0.4) is 0 Å². The molecule has 0 fully saturated rings. The Kier molecular flexibility index (Phi) is 6.36. The summed E-state index contributed by atoms with van der Waals surface area (Å²) in [5, 5.41) is 8.12. The van der Waals surface area contributed by atoms with Gasteiger partial charge in [-0.1, -0.05) is 103 Å². The summed E-state index contributed by atoms with van der Waals surface area (Å²) in [6, 6.07) is 60.3. The number of para-hydroxylation sites is 3. The molecule has 10 aromatic rings. The number of anilines is 3. The number of benzene rings is 8. The molecular formula is C45H28N2OS. The van der Waals surface area contributed by atoms with Gasteiger partial charge in [0, 0.05) is 38.8 Å². The number of thiazole rings is 1. The zero-order chi connectivity index (χ0) is 32.3. The van der Waals surface area contributed by atoms with E-state index in [4.69, 9.17) is 9.40 Å². The van der Waals surface area contributed by atoms with Crippen molar-refractivity contribution in [3.63, 3.8) is 0 Å². The van der Waals surface area contributed by atoms with Crippen molar-refractivity contribution in [2.24, 2.45) is 0 Å². The Labute approximate surface area is 286 Å². The Bertz CT molecular complexity index is 2780. The molecule has 2 aromatic heterocycles. The van der Waals surface area contributed by atoms with Gasteiger partial charge in [-0.25, -0.2) is 4.98 Å². The summed E-state index contributed by atoms with van der Waals surface area (Å²) in [6.45, 7) is 0. The Hall–Kier alpha value is -6.23. The van der Waals surface area contributed by atoms with Gasteiger partial charge in [0.1, 0.15) is 16.2 Å². The number of hydrogen-bond donors (Lipinski definition) is 0. The highest BCUT2D eigenvalue weighted by molar-refractivity contribution is 7.22. The smallest absolute Gasteiger partial charge is 0.135 e. The molecule has 4 heteroatoms. The van der Waals surface area contributed by atoms with Crippen molar-refractivity contribution in [1.29, 1.82) is 0 Å².